The molecule has 0 aromatic rings. The fourth-order valence-electron chi connectivity index (χ4n) is 1.58. The summed E-state index contributed by atoms with van der Waals surface area (Å²) in [5.41, 5.74) is -0.0588. The minimum absolute atomic E-state index is 0.0330. The Balaban J connectivity index is 2.28. The fraction of sp³-hybridized carbons (Fsp3) is 0.909. The van der Waals surface area contributed by atoms with Crippen molar-refractivity contribution in [2.45, 2.75) is 20.3 Å². The molecular formula is C11H22N2O3. The largest absolute Gasteiger partial charge is 0.396 e. The minimum Gasteiger partial charge on any atom is -0.396 e. The van der Waals surface area contributed by atoms with Crippen LogP contribution >= 0.6 is 0 Å². The van der Waals surface area contributed by atoms with Crippen LogP contribution in [0.2, 0.25) is 0 Å². The molecule has 0 bridgehead atoms. The average Bonchev–Trinajstić information content (AvgIpc) is 2.27. The van der Waals surface area contributed by atoms with E-state index in [9.17, 15) is 4.79 Å². The summed E-state index contributed by atoms with van der Waals surface area (Å²) in [6.07, 6.45) is 0.691. The number of hydrogen-bond donors (Lipinski definition) is 2. The van der Waals surface area contributed by atoms with Gasteiger partial charge in [0.05, 0.1) is 13.2 Å². The van der Waals surface area contributed by atoms with E-state index in [0.717, 1.165) is 0 Å². The van der Waals surface area contributed by atoms with E-state index in [1.165, 1.54) is 0 Å². The van der Waals surface area contributed by atoms with Gasteiger partial charge in [0.1, 0.15) is 0 Å². The third kappa shape index (κ3) is 4.37. The van der Waals surface area contributed by atoms with Crippen LogP contribution in [0, 0.1) is 5.41 Å². The van der Waals surface area contributed by atoms with Gasteiger partial charge in [-0.2, -0.15) is 0 Å². The summed E-state index contributed by atoms with van der Waals surface area (Å²) in [7, 11) is 0. The maximum absolute atomic E-state index is 11.7. The molecule has 0 spiro atoms. The van der Waals surface area contributed by atoms with Crippen LogP contribution < -0.4 is 5.32 Å². The van der Waals surface area contributed by atoms with Gasteiger partial charge in [0.15, 0.2) is 0 Å². The van der Waals surface area contributed by atoms with Crippen molar-refractivity contribution in [2.24, 2.45) is 5.41 Å². The number of ether oxygens (including phenoxy) is 1. The van der Waals surface area contributed by atoms with E-state index in [-0.39, 0.29) is 18.1 Å². The van der Waals surface area contributed by atoms with Gasteiger partial charge in [-0.15, -0.1) is 0 Å². The summed E-state index contributed by atoms with van der Waals surface area (Å²) < 4.78 is 5.18. The van der Waals surface area contributed by atoms with Crippen LogP contribution in [-0.4, -0.2) is 55.5 Å². The molecule has 0 saturated carbocycles. The van der Waals surface area contributed by atoms with E-state index < -0.39 is 0 Å². The molecule has 0 unspecified atom stereocenters. The van der Waals surface area contributed by atoms with E-state index in [4.69, 9.17) is 9.84 Å². The van der Waals surface area contributed by atoms with Crippen molar-refractivity contribution in [1.29, 1.82) is 0 Å². The Labute approximate surface area is 96.8 Å². The first-order valence-corrected chi connectivity index (χ1v) is 5.76. The summed E-state index contributed by atoms with van der Waals surface area (Å²) in [5.74, 6) is 0. The first kappa shape index (κ1) is 13.3. The number of nitrogens with one attached hydrogen (secondary N) is 1. The molecule has 0 atom stereocenters. The van der Waals surface area contributed by atoms with Gasteiger partial charge in [-0.05, 0) is 11.8 Å². The van der Waals surface area contributed by atoms with Gasteiger partial charge in [-0.3, -0.25) is 0 Å². The molecule has 0 aromatic heterocycles. The van der Waals surface area contributed by atoms with Gasteiger partial charge >= 0.3 is 6.03 Å². The number of urea groups is 1. The Morgan fingerprint density at radius 3 is 2.62 bits per heavy atom. The van der Waals surface area contributed by atoms with Crippen LogP contribution in [0.15, 0.2) is 0 Å². The van der Waals surface area contributed by atoms with E-state index in [1.807, 2.05) is 13.8 Å². The summed E-state index contributed by atoms with van der Waals surface area (Å²) in [6.45, 7) is 7.36. The van der Waals surface area contributed by atoms with Crippen LogP contribution in [-0.2, 0) is 4.74 Å². The molecule has 2 amide bonds. The molecule has 1 fully saturated rings. The second-order valence-corrected chi connectivity index (χ2v) is 4.90. The molecule has 5 heteroatoms. The van der Waals surface area contributed by atoms with Crippen molar-refractivity contribution in [3.8, 4) is 0 Å². The van der Waals surface area contributed by atoms with Crippen molar-refractivity contribution in [2.75, 3.05) is 39.5 Å². The zero-order valence-electron chi connectivity index (χ0n) is 10.2. The monoisotopic (exact) mass is 230 g/mol. The summed E-state index contributed by atoms with van der Waals surface area (Å²) in [5, 5.41) is 11.8. The Kier molecular flexibility index (Phi) is 5.02. The first-order valence-electron chi connectivity index (χ1n) is 5.76. The number of carbonyl (C=O) groups is 1. The number of amides is 2. The lowest BCUT2D eigenvalue weighted by Crippen LogP contribution is -2.48. The third-order valence-electron chi connectivity index (χ3n) is 2.81. The normalized spacial score (nSPS) is 17.3. The SMILES string of the molecule is CC(C)(CCO)CNC(=O)N1CCOCC1. The van der Waals surface area contributed by atoms with Crippen molar-refractivity contribution < 1.29 is 14.6 Å². The number of aliphatic hydroxyl groups is 1. The predicted molar refractivity (Wildman–Crippen MR) is 61.3 cm³/mol. The lowest BCUT2D eigenvalue weighted by Gasteiger charge is -2.30. The van der Waals surface area contributed by atoms with Gasteiger partial charge < -0.3 is 20.1 Å². The van der Waals surface area contributed by atoms with Gasteiger partial charge in [-0.1, -0.05) is 13.8 Å². The second kappa shape index (κ2) is 6.06. The van der Waals surface area contributed by atoms with Gasteiger partial charge in [-0.25, -0.2) is 4.79 Å². The molecular weight excluding hydrogens is 208 g/mol. The topological polar surface area (TPSA) is 61.8 Å². The number of morpholine rings is 1. The van der Waals surface area contributed by atoms with Crippen LogP contribution in [0.1, 0.15) is 20.3 Å². The maximum atomic E-state index is 11.7. The van der Waals surface area contributed by atoms with Crippen molar-refractivity contribution >= 4 is 6.03 Å². The first-order chi connectivity index (χ1) is 7.55. The van der Waals surface area contributed by atoms with E-state index in [0.29, 0.717) is 39.3 Å². The van der Waals surface area contributed by atoms with E-state index in [1.54, 1.807) is 4.90 Å². The summed E-state index contributed by atoms with van der Waals surface area (Å²) in [4.78, 5) is 13.5. The highest BCUT2D eigenvalue weighted by atomic mass is 16.5. The summed E-state index contributed by atoms with van der Waals surface area (Å²) >= 11 is 0. The lowest BCUT2D eigenvalue weighted by atomic mass is 9.90. The quantitative estimate of drug-likeness (QED) is 0.736. The molecule has 0 aliphatic carbocycles. The third-order valence-corrected chi connectivity index (χ3v) is 2.81. The van der Waals surface area contributed by atoms with Crippen LogP contribution in [0.25, 0.3) is 0 Å². The summed E-state index contributed by atoms with van der Waals surface area (Å²) in [6, 6.07) is -0.0330. The zero-order chi connectivity index (χ0) is 12.0. The minimum atomic E-state index is -0.0588. The van der Waals surface area contributed by atoms with Gasteiger partial charge in [0.25, 0.3) is 0 Å². The molecule has 0 aromatic carbocycles. The van der Waals surface area contributed by atoms with Crippen LogP contribution in [0.4, 0.5) is 4.79 Å². The van der Waals surface area contributed by atoms with Gasteiger partial charge in [0, 0.05) is 26.2 Å². The van der Waals surface area contributed by atoms with Crippen LogP contribution in [0.5, 0.6) is 0 Å². The molecule has 1 rings (SSSR count). The highest BCUT2D eigenvalue weighted by Gasteiger charge is 2.21. The number of hydrogen-bond acceptors (Lipinski definition) is 3. The Morgan fingerprint density at radius 1 is 1.44 bits per heavy atom. The smallest absolute Gasteiger partial charge is 0.317 e. The van der Waals surface area contributed by atoms with Crippen molar-refractivity contribution in [1.82, 2.24) is 10.2 Å². The number of nitrogens with zero attached hydrogens (tertiary/aromatic N) is 1. The maximum Gasteiger partial charge on any atom is 0.317 e. The lowest BCUT2D eigenvalue weighted by molar-refractivity contribution is 0.0524. The molecule has 1 aliphatic heterocycles. The number of rotatable bonds is 4. The predicted octanol–water partition coefficient (Wildman–Crippen LogP) is 0.437. The Bertz CT molecular complexity index is 225. The standard InChI is InChI=1S/C11H22N2O3/c1-11(2,3-6-14)9-12-10(15)13-4-7-16-8-5-13/h14H,3-9H2,1-2H3,(H,12,15). The molecule has 1 aliphatic rings. The van der Waals surface area contributed by atoms with E-state index in [2.05, 4.69) is 5.32 Å². The van der Waals surface area contributed by atoms with Gasteiger partial charge in [0.2, 0.25) is 0 Å². The molecule has 0 radical (unpaired) electrons. The molecule has 1 heterocycles. The molecule has 2 N–H and O–H groups in total. The molecule has 1 saturated heterocycles. The van der Waals surface area contributed by atoms with Crippen molar-refractivity contribution in [3.63, 3.8) is 0 Å². The van der Waals surface area contributed by atoms with E-state index >= 15 is 0 Å². The van der Waals surface area contributed by atoms with Crippen molar-refractivity contribution in [3.05, 3.63) is 0 Å². The highest BCUT2D eigenvalue weighted by molar-refractivity contribution is 5.74. The fourth-order valence-corrected chi connectivity index (χ4v) is 1.58. The Hall–Kier alpha value is -0.810. The highest BCUT2D eigenvalue weighted by Crippen LogP contribution is 2.18. The molecule has 16 heavy (non-hydrogen) atoms. The number of aliphatic hydroxyl groups excluding tert-OH is 1. The average molecular weight is 230 g/mol. The second-order valence-electron chi connectivity index (χ2n) is 4.90. The zero-order valence-corrected chi connectivity index (χ0v) is 10.2. The Morgan fingerprint density at radius 2 is 2.06 bits per heavy atom. The molecule has 5 nitrogen and oxygen atoms in total. The molecule has 94 valence electrons. The number of carbonyl (C=O) groups excluding carboxylic acids is 1. The van der Waals surface area contributed by atoms with Crippen LogP contribution in [0.3, 0.4) is 0 Å².